The molecule has 1 aliphatic carbocycles. The van der Waals surface area contributed by atoms with E-state index in [4.69, 9.17) is 0 Å². The van der Waals surface area contributed by atoms with Crippen LogP contribution in [0.3, 0.4) is 0 Å². The van der Waals surface area contributed by atoms with E-state index in [1.807, 2.05) is 12.1 Å². The number of rotatable bonds is 6. The molecule has 0 unspecified atom stereocenters. The van der Waals surface area contributed by atoms with Gasteiger partial charge >= 0.3 is 0 Å². The van der Waals surface area contributed by atoms with Crippen molar-refractivity contribution in [3.05, 3.63) is 52.1 Å². The van der Waals surface area contributed by atoms with Crippen LogP contribution in [0, 0.1) is 5.95 Å². The maximum absolute atomic E-state index is 14.1. The number of nitrogens with zero attached hydrogens (tertiary/aromatic N) is 2. The normalized spacial score (nSPS) is 14.3. The fourth-order valence-electron chi connectivity index (χ4n) is 3.39. The van der Waals surface area contributed by atoms with Crippen molar-refractivity contribution in [1.82, 2.24) is 15.1 Å². The number of hydrogen-bond donors (Lipinski definition) is 1. The zero-order valence-electron chi connectivity index (χ0n) is 15.0. The Labute approximate surface area is 150 Å². The third kappa shape index (κ3) is 3.48. The van der Waals surface area contributed by atoms with E-state index in [-0.39, 0.29) is 12.5 Å². The summed E-state index contributed by atoms with van der Waals surface area (Å²) >= 11 is 0. The van der Waals surface area contributed by atoms with Crippen molar-refractivity contribution in [1.29, 1.82) is 0 Å². The van der Waals surface area contributed by atoms with Gasteiger partial charge in [0.05, 0.1) is 0 Å². The van der Waals surface area contributed by atoms with Crippen molar-refractivity contribution in [3.63, 3.8) is 0 Å². The second-order valence-electron chi connectivity index (χ2n) is 7.01. The maximum atomic E-state index is 14.1. The standard InChI is InChI=1S/C19H22F3N3O/c1-10(2)14-12(5-4-6-13(14)11-7-8-11)9-23-19(26)15-16(17(20)21)24-25(3)18(15)22/h4-6,10-11,17H,7-9H2,1-3H3,(H,23,26). The maximum Gasteiger partial charge on any atom is 0.283 e. The Morgan fingerprint density at radius 1 is 1.35 bits per heavy atom. The molecule has 0 spiro atoms. The molecule has 1 amide bonds. The molecule has 1 aromatic carbocycles. The van der Waals surface area contributed by atoms with Crippen LogP contribution in [-0.4, -0.2) is 15.7 Å². The number of aryl methyl sites for hydroxylation is 1. The molecule has 26 heavy (non-hydrogen) atoms. The smallest absolute Gasteiger partial charge is 0.283 e. The Morgan fingerprint density at radius 3 is 2.62 bits per heavy atom. The molecule has 140 valence electrons. The minimum absolute atomic E-state index is 0.157. The molecule has 0 bridgehead atoms. The van der Waals surface area contributed by atoms with Gasteiger partial charge in [-0.25, -0.2) is 13.5 Å². The molecular formula is C19H22F3N3O. The van der Waals surface area contributed by atoms with Gasteiger partial charge in [-0.2, -0.15) is 9.49 Å². The van der Waals surface area contributed by atoms with E-state index < -0.39 is 29.5 Å². The van der Waals surface area contributed by atoms with Gasteiger partial charge in [0.25, 0.3) is 12.3 Å². The van der Waals surface area contributed by atoms with Crippen LogP contribution in [0.2, 0.25) is 0 Å². The Hall–Kier alpha value is -2.31. The number of halogens is 3. The van der Waals surface area contributed by atoms with Crippen LogP contribution >= 0.6 is 0 Å². The third-order valence-corrected chi connectivity index (χ3v) is 4.70. The predicted octanol–water partition coefficient (Wildman–Crippen LogP) is 4.43. The Morgan fingerprint density at radius 2 is 2.04 bits per heavy atom. The van der Waals surface area contributed by atoms with E-state index in [9.17, 15) is 18.0 Å². The number of alkyl halides is 2. The van der Waals surface area contributed by atoms with Gasteiger partial charge in [0.15, 0.2) is 0 Å². The summed E-state index contributed by atoms with van der Waals surface area (Å²) in [7, 11) is 1.19. The highest BCUT2D eigenvalue weighted by Crippen LogP contribution is 2.44. The first-order chi connectivity index (χ1) is 12.3. The van der Waals surface area contributed by atoms with E-state index in [0.29, 0.717) is 10.6 Å². The molecule has 0 atom stereocenters. The molecule has 1 saturated carbocycles. The van der Waals surface area contributed by atoms with Crippen molar-refractivity contribution in [3.8, 4) is 0 Å². The van der Waals surface area contributed by atoms with Crippen molar-refractivity contribution >= 4 is 5.91 Å². The monoisotopic (exact) mass is 365 g/mol. The minimum atomic E-state index is -3.02. The summed E-state index contributed by atoms with van der Waals surface area (Å²) in [6, 6.07) is 5.96. The van der Waals surface area contributed by atoms with Gasteiger partial charge in [-0.3, -0.25) is 4.79 Å². The van der Waals surface area contributed by atoms with Gasteiger partial charge in [0.2, 0.25) is 5.95 Å². The largest absolute Gasteiger partial charge is 0.348 e. The molecule has 1 aliphatic rings. The van der Waals surface area contributed by atoms with E-state index in [1.54, 1.807) is 0 Å². The summed E-state index contributed by atoms with van der Waals surface area (Å²) in [6.07, 6.45) is -0.696. The van der Waals surface area contributed by atoms with Gasteiger partial charge in [-0.15, -0.1) is 0 Å². The Balaban J connectivity index is 1.84. The average molecular weight is 365 g/mol. The van der Waals surface area contributed by atoms with Gasteiger partial charge in [0, 0.05) is 13.6 Å². The molecule has 1 fully saturated rings. The highest BCUT2D eigenvalue weighted by atomic mass is 19.3. The number of aromatic nitrogens is 2. The summed E-state index contributed by atoms with van der Waals surface area (Å²) in [4.78, 5) is 12.4. The van der Waals surface area contributed by atoms with Crippen molar-refractivity contribution < 1.29 is 18.0 Å². The number of nitrogens with one attached hydrogen (secondary N) is 1. The molecule has 0 radical (unpaired) electrons. The van der Waals surface area contributed by atoms with Gasteiger partial charge in [-0.05, 0) is 41.4 Å². The molecule has 4 nitrogen and oxygen atoms in total. The lowest BCUT2D eigenvalue weighted by Gasteiger charge is -2.18. The number of carbonyl (C=O) groups is 1. The average Bonchev–Trinajstić information content (AvgIpc) is 3.38. The summed E-state index contributed by atoms with van der Waals surface area (Å²) < 4.78 is 40.8. The number of amides is 1. The first-order valence-corrected chi connectivity index (χ1v) is 8.71. The van der Waals surface area contributed by atoms with Crippen LogP contribution in [0.1, 0.15) is 77.7 Å². The van der Waals surface area contributed by atoms with Crippen molar-refractivity contribution in [2.24, 2.45) is 7.05 Å². The molecule has 0 aliphatic heterocycles. The van der Waals surface area contributed by atoms with Gasteiger partial charge in [0.1, 0.15) is 11.3 Å². The van der Waals surface area contributed by atoms with Gasteiger partial charge in [-0.1, -0.05) is 32.0 Å². The SMILES string of the molecule is CC(C)c1c(CNC(=O)c2c(C(F)F)nn(C)c2F)cccc1C1CC1. The molecule has 1 heterocycles. The zero-order valence-corrected chi connectivity index (χ0v) is 15.0. The predicted molar refractivity (Wildman–Crippen MR) is 91.8 cm³/mol. The lowest BCUT2D eigenvalue weighted by molar-refractivity contribution is 0.0931. The zero-order chi connectivity index (χ0) is 19.0. The second-order valence-corrected chi connectivity index (χ2v) is 7.01. The first-order valence-electron chi connectivity index (χ1n) is 8.71. The topological polar surface area (TPSA) is 46.9 Å². The number of hydrogen-bond acceptors (Lipinski definition) is 2. The summed E-state index contributed by atoms with van der Waals surface area (Å²) in [5.41, 5.74) is 1.87. The third-order valence-electron chi connectivity index (χ3n) is 4.70. The highest BCUT2D eigenvalue weighted by Gasteiger charge is 2.30. The highest BCUT2D eigenvalue weighted by molar-refractivity contribution is 5.95. The first kappa shape index (κ1) is 18.5. The van der Waals surface area contributed by atoms with Crippen LogP contribution in [0.5, 0.6) is 0 Å². The summed E-state index contributed by atoms with van der Waals surface area (Å²) in [6.45, 7) is 4.33. The molecule has 0 saturated heterocycles. The quantitative estimate of drug-likeness (QED) is 0.823. The number of carbonyl (C=O) groups excluding carboxylic acids is 1. The molecule has 1 N–H and O–H groups in total. The van der Waals surface area contributed by atoms with Crippen molar-refractivity contribution in [2.45, 2.75) is 51.5 Å². The lowest BCUT2D eigenvalue weighted by atomic mass is 9.89. The van der Waals surface area contributed by atoms with Crippen LogP contribution < -0.4 is 5.32 Å². The second kappa shape index (κ2) is 7.13. The Kier molecular flexibility index (Phi) is 5.07. The lowest BCUT2D eigenvalue weighted by Crippen LogP contribution is -2.25. The van der Waals surface area contributed by atoms with Crippen LogP contribution in [0.4, 0.5) is 13.2 Å². The summed E-state index contributed by atoms with van der Waals surface area (Å²) in [5, 5.41) is 5.99. The van der Waals surface area contributed by atoms with E-state index in [1.165, 1.54) is 18.2 Å². The summed E-state index contributed by atoms with van der Waals surface area (Å²) in [5.74, 6) is -1.11. The fourth-order valence-corrected chi connectivity index (χ4v) is 3.39. The van der Waals surface area contributed by atoms with Crippen molar-refractivity contribution in [2.75, 3.05) is 0 Å². The van der Waals surface area contributed by atoms with E-state index in [0.717, 1.165) is 18.4 Å². The van der Waals surface area contributed by atoms with E-state index >= 15 is 0 Å². The molecule has 7 heteroatoms. The fraction of sp³-hybridized carbons (Fsp3) is 0.474. The van der Waals surface area contributed by atoms with E-state index in [2.05, 4.69) is 30.3 Å². The Bertz CT molecular complexity index is 826. The van der Waals surface area contributed by atoms with Gasteiger partial charge < -0.3 is 5.32 Å². The number of benzene rings is 1. The molecular weight excluding hydrogens is 343 g/mol. The molecule has 2 aromatic rings. The van der Waals surface area contributed by atoms with Crippen LogP contribution in [-0.2, 0) is 13.6 Å². The van der Waals surface area contributed by atoms with Crippen LogP contribution in [0.15, 0.2) is 18.2 Å². The van der Waals surface area contributed by atoms with Crippen LogP contribution in [0.25, 0.3) is 0 Å². The minimum Gasteiger partial charge on any atom is -0.348 e. The molecule has 3 rings (SSSR count). The molecule has 1 aromatic heterocycles.